The van der Waals surface area contributed by atoms with Gasteiger partial charge in [-0.25, -0.2) is 4.79 Å². The molecule has 0 aromatic heterocycles. The van der Waals surface area contributed by atoms with E-state index in [9.17, 15) is 27.6 Å². The Bertz CT molecular complexity index is 1030. The quantitative estimate of drug-likeness (QED) is 0.631. The Kier molecular flexibility index (Phi) is 6.28. The van der Waals surface area contributed by atoms with Gasteiger partial charge in [-0.2, -0.15) is 13.2 Å². The Morgan fingerprint density at radius 2 is 1.72 bits per heavy atom. The molecular formula is C21H20F3N3O5. The molecular weight excluding hydrogens is 431 g/mol. The lowest BCUT2D eigenvalue weighted by Crippen LogP contribution is -2.69. The highest BCUT2D eigenvalue weighted by molar-refractivity contribution is 6.10. The van der Waals surface area contributed by atoms with E-state index in [1.165, 1.54) is 38.5 Å². The van der Waals surface area contributed by atoms with Crippen LogP contribution in [0.4, 0.5) is 18.0 Å². The third kappa shape index (κ3) is 4.18. The minimum atomic E-state index is -5.28. The summed E-state index contributed by atoms with van der Waals surface area (Å²) in [7, 11) is 2.87. The van der Waals surface area contributed by atoms with Crippen LogP contribution in [0.5, 0.6) is 11.5 Å². The Morgan fingerprint density at radius 3 is 2.31 bits per heavy atom. The molecule has 1 saturated heterocycles. The highest BCUT2D eigenvalue weighted by Gasteiger charge is 2.68. The molecule has 11 heteroatoms. The fourth-order valence-electron chi connectivity index (χ4n) is 3.24. The molecule has 2 aromatic carbocycles. The number of ether oxygens (including phenoxy) is 2. The first-order valence-corrected chi connectivity index (χ1v) is 9.42. The number of urea groups is 1. The molecule has 32 heavy (non-hydrogen) atoms. The molecule has 1 aliphatic rings. The molecule has 0 spiro atoms. The maximum absolute atomic E-state index is 13.9. The predicted octanol–water partition coefficient (Wildman–Crippen LogP) is 2.49. The van der Waals surface area contributed by atoms with Crippen LogP contribution in [-0.2, 0) is 11.2 Å². The molecule has 3 rings (SSSR count). The number of halogens is 3. The van der Waals surface area contributed by atoms with E-state index in [1.807, 2.05) is 0 Å². The summed E-state index contributed by atoms with van der Waals surface area (Å²) in [6, 6.07) is 10.6. The van der Waals surface area contributed by atoms with Crippen molar-refractivity contribution in [3.63, 3.8) is 0 Å². The van der Waals surface area contributed by atoms with Crippen LogP contribution in [-0.4, -0.2) is 55.3 Å². The van der Waals surface area contributed by atoms with Crippen LogP contribution in [0.25, 0.3) is 0 Å². The second kappa shape index (κ2) is 8.77. The van der Waals surface area contributed by atoms with E-state index in [4.69, 9.17) is 9.47 Å². The molecule has 1 aliphatic heterocycles. The first kappa shape index (κ1) is 22.9. The van der Waals surface area contributed by atoms with Crippen LogP contribution in [0.3, 0.4) is 0 Å². The molecule has 1 heterocycles. The van der Waals surface area contributed by atoms with E-state index in [1.54, 1.807) is 34.9 Å². The summed E-state index contributed by atoms with van der Waals surface area (Å²) >= 11 is 0. The number of rotatable bonds is 7. The zero-order valence-corrected chi connectivity index (χ0v) is 17.2. The van der Waals surface area contributed by atoms with Crippen LogP contribution in [0.2, 0.25) is 0 Å². The lowest BCUT2D eigenvalue weighted by atomic mass is 10.1. The van der Waals surface area contributed by atoms with Gasteiger partial charge in [0.1, 0.15) is 0 Å². The van der Waals surface area contributed by atoms with Crippen molar-refractivity contribution in [1.29, 1.82) is 0 Å². The van der Waals surface area contributed by atoms with Crippen LogP contribution in [0.15, 0.2) is 48.5 Å². The van der Waals surface area contributed by atoms with Crippen molar-refractivity contribution in [2.75, 3.05) is 20.8 Å². The number of hydrogen-bond acceptors (Lipinski definition) is 5. The third-order valence-electron chi connectivity index (χ3n) is 4.94. The normalized spacial score (nSPS) is 18.3. The maximum atomic E-state index is 13.9. The molecule has 4 amide bonds. The molecule has 0 saturated carbocycles. The van der Waals surface area contributed by atoms with E-state index in [-0.39, 0.29) is 18.5 Å². The Labute approximate surface area is 181 Å². The number of methoxy groups -OCH3 is 2. The van der Waals surface area contributed by atoms with Gasteiger partial charge in [0.15, 0.2) is 11.5 Å². The summed E-state index contributed by atoms with van der Waals surface area (Å²) in [5, 5.41) is 3.29. The van der Waals surface area contributed by atoms with Crippen molar-refractivity contribution in [3.8, 4) is 11.5 Å². The topological polar surface area (TPSA) is 97.0 Å². The number of amides is 4. The van der Waals surface area contributed by atoms with Crippen molar-refractivity contribution >= 4 is 17.8 Å². The van der Waals surface area contributed by atoms with Crippen molar-refractivity contribution in [2.24, 2.45) is 0 Å². The Balaban J connectivity index is 1.82. The average molecular weight is 451 g/mol. The first-order valence-electron chi connectivity index (χ1n) is 9.42. The van der Waals surface area contributed by atoms with Crippen molar-refractivity contribution in [3.05, 3.63) is 59.7 Å². The molecule has 0 radical (unpaired) electrons. The molecule has 170 valence electrons. The molecule has 0 unspecified atom stereocenters. The molecule has 8 nitrogen and oxygen atoms in total. The molecule has 0 bridgehead atoms. The van der Waals surface area contributed by atoms with Crippen LogP contribution >= 0.6 is 0 Å². The Hall–Kier alpha value is -3.76. The standard InChI is InChI=1S/C21H20F3N3O5/c1-31-15-9-8-13(12-16(15)32-2)10-11-27-18(29)20(21(22,23)24,26-19(27)30)25-17(28)14-6-4-3-5-7-14/h3-9,12H,10-11H2,1-2H3,(H,25,28)(H,26,30)/t20-/m0/s1. The minimum absolute atomic E-state index is 0.0556. The largest absolute Gasteiger partial charge is 0.493 e. The number of imide groups is 1. The molecule has 1 atom stereocenters. The maximum Gasteiger partial charge on any atom is 0.440 e. The number of carbonyl (C=O) groups excluding carboxylic acids is 3. The second-order valence-corrected chi connectivity index (χ2v) is 6.89. The number of nitrogens with one attached hydrogen (secondary N) is 2. The summed E-state index contributed by atoms with van der Waals surface area (Å²) in [6.45, 7) is -0.348. The molecule has 0 aliphatic carbocycles. The fourth-order valence-corrected chi connectivity index (χ4v) is 3.24. The minimum Gasteiger partial charge on any atom is -0.493 e. The summed E-state index contributed by atoms with van der Waals surface area (Å²) in [4.78, 5) is 37.9. The lowest BCUT2D eigenvalue weighted by molar-refractivity contribution is -0.200. The number of carbonyl (C=O) groups is 3. The summed E-state index contributed by atoms with van der Waals surface area (Å²) < 4.78 is 52.1. The smallest absolute Gasteiger partial charge is 0.440 e. The van der Waals surface area contributed by atoms with Gasteiger partial charge in [0, 0.05) is 12.1 Å². The number of hydrogen-bond donors (Lipinski definition) is 2. The van der Waals surface area contributed by atoms with Gasteiger partial charge in [0.2, 0.25) is 0 Å². The zero-order valence-electron chi connectivity index (χ0n) is 17.2. The monoisotopic (exact) mass is 451 g/mol. The highest BCUT2D eigenvalue weighted by Crippen LogP contribution is 2.34. The first-order chi connectivity index (χ1) is 15.1. The third-order valence-corrected chi connectivity index (χ3v) is 4.94. The average Bonchev–Trinajstić information content (AvgIpc) is 3.02. The molecule has 2 N–H and O–H groups in total. The van der Waals surface area contributed by atoms with E-state index >= 15 is 0 Å². The molecule has 1 fully saturated rings. The van der Waals surface area contributed by atoms with Gasteiger partial charge >= 0.3 is 12.2 Å². The molecule has 2 aromatic rings. The Morgan fingerprint density at radius 1 is 1.06 bits per heavy atom. The number of nitrogens with zero attached hydrogens (tertiary/aromatic N) is 1. The van der Waals surface area contributed by atoms with Crippen molar-refractivity contribution in [1.82, 2.24) is 15.5 Å². The fraction of sp³-hybridized carbons (Fsp3) is 0.286. The van der Waals surface area contributed by atoms with E-state index in [2.05, 4.69) is 0 Å². The van der Waals surface area contributed by atoms with Gasteiger partial charge in [-0.1, -0.05) is 24.3 Å². The van der Waals surface area contributed by atoms with Crippen molar-refractivity contribution in [2.45, 2.75) is 18.3 Å². The highest BCUT2D eigenvalue weighted by atomic mass is 19.4. The number of alkyl halides is 3. The van der Waals surface area contributed by atoms with Gasteiger partial charge in [0.25, 0.3) is 17.5 Å². The SMILES string of the molecule is COc1ccc(CCN2C(=O)N[C@](NC(=O)c3ccccc3)(C(F)(F)F)C2=O)cc1OC. The summed E-state index contributed by atoms with van der Waals surface area (Å²) in [5.41, 5.74) is -3.06. The summed E-state index contributed by atoms with van der Waals surface area (Å²) in [6.07, 6.45) is -5.22. The van der Waals surface area contributed by atoms with E-state index < -0.39 is 29.7 Å². The van der Waals surface area contributed by atoms with Crippen LogP contribution < -0.4 is 20.1 Å². The van der Waals surface area contributed by atoms with Crippen molar-refractivity contribution < 1.29 is 37.0 Å². The van der Waals surface area contributed by atoms with E-state index in [0.29, 0.717) is 22.0 Å². The van der Waals surface area contributed by atoms with Gasteiger partial charge in [-0.15, -0.1) is 0 Å². The van der Waals surface area contributed by atoms with E-state index in [0.717, 1.165) is 0 Å². The second-order valence-electron chi connectivity index (χ2n) is 6.89. The predicted molar refractivity (Wildman–Crippen MR) is 106 cm³/mol. The van der Waals surface area contributed by atoms with Gasteiger partial charge in [-0.3, -0.25) is 19.8 Å². The number of benzene rings is 2. The zero-order chi connectivity index (χ0) is 23.5. The van der Waals surface area contributed by atoms with Gasteiger partial charge in [-0.05, 0) is 36.2 Å². The van der Waals surface area contributed by atoms with Gasteiger partial charge < -0.3 is 14.8 Å². The van der Waals surface area contributed by atoms with Crippen LogP contribution in [0.1, 0.15) is 15.9 Å². The lowest BCUT2D eigenvalue weighted by Gasteiger charge is -2.29. The van der Waals surface area contributed by atoms with Crippen LogP contribution in [0, 0.1) is 0 Å². The van der Waals surface area contributed by atoms with Gasteiger partial charge in [0.05, 0.1) is 14.2 Å². The summed E-state index contributed by atoms with van der Waals surface area (Å²) in [5.74, 6) is -1.93.